The van der Waals surface area contributed by atoms with Crippen LogP contribution in [0.5, 0.6) is 5.75 Å². The average molecular weight is 562 g/mol. The number of benzene rings is 2. The van der Waals surface area contributed by atoms with Crippen molar-refractivity contribution < 1.29 is 24.0 Å². The van der Waals surface area contributed by atoms with Gasteiger partial charge in [0.1, 0.15) is 5.52 Å². The first kappa shape index (κ1) is 25.5. The normalized spacial score (nSPS) is 15.9. The zero-order valence-electron chi connectivity index (χ0n) is 22.4. The lowest BCUT2D eigenvalue weighted by molar-refractivity contribution is -0.116. The molecule has 0 saturated carbocycles. The van der Waals surface area contributed by atoms with Crippen molar-refractivity contribution in [2.24, 2.45) is 0 Å². The molecule has 2 aliphatic rings. The van der Waals surface area contributed by atoms with E-state index in [-0.39, 0.29) is 23.3 Å². The summed E-state index contributed by atoms with van der Waals surface area (Å²) in [6.07, 6.45) is 3.16. The summed E-state index contributed by atoms with van der Waals surface area (Å²) in [7, 11) is 0. The van der Waals surface area contributed by atoms with Gasteiger partial charge in [0, 0.05) is 48.8 Å². The Bertz CT molecular complexity index is 1940. The number of fused-ring (bicyclic) bond motifs is 3. The zero-order chi connectivity index (χ0) is 28.8. The van der Waals surface area contributed by atoms with Crippen LogP contribution in [0.25, 0.3) is 28.1 Å². The molecule has 208 valence electrons. The topological polar surface area (TPSA) is 133 Å². The van der Waals surface area contributed by atoms with E-state index < -0.39 is 0 Å². The molecule has 5 heterocycles. The van der Waals surface area contributed by atoms with E-state index in [1.54, 1.807) is 77.8 Å². The predicted octanol–water partition coefficient (Wildman–Crippen LogP) is 3.28. The molecule has 0 atom stereocenters. The Balaban J connectivity index is 1.36. The fourth-order valence-corrected chi connectivity index (χ4v) is 5.18. The summed E-state index contributed by atoms with van der Waals surface area (Å²) in [5.41, 5.74) is 3.39. The summed E-state index contributed by atoms with van der Waals surface area (Å²) >= 11 is 0. The summed E-state index contributed by atoms with van der Waals surface area (Å²) in [6, 6.07) is 17.2. The minimum atomic E-state index is -0.303. The minimum absolute atomic E-state index is 0.128. The number of hydrogen-bond donors (Lipinski definition) is 0. The zero-order valence-corrected chi connectivity index (χ0v) is 22.4. The SMILES string of the molecule is CC(=O)N1/C(=C\c2cc(On3nnc4cccnc43)c3cc(C(=O)N4CCOCC4)ccc3n2)C(=O)c2ccccc21. The summed E-state index contributed by atoms with van der Waals surface area (Å²) in [6.45, 7) is 3.38. The highest BCUT2D eigenvalue weighted by Crippen LogP contribution is 2.36. The third-order valence-electron chi connectivity index (χ3n) is 7.16. The second-order valence-corrected chi connectivity index (χ2v) is 9.81. The quantitative estimate of drug-likeness (QED) is 0.303. The molecule has 7 rings (SSSR count). The van der Waals surface area contributed by atoms with Crippen LogP contribution in [-0.4, -0.2) is 73.9 Å². The lowest BCUT2D eigenvalue weighted by Gasteiger charge is -2.27. The molecule has 3 aromatic heterocycles. The van der Waals surface area contributed by atoms with Crippen LogP contribution < -0.4 is 9.74 Å². The Morgan fingerprint density at radius 2 is 1.83 bits per heavy atom. The molecule has 1 saturated heterocycles. The monoisotopic (exact) mass is 561 g/mol. The fourth-order valence-electron chi connectivity index (χ4n) is 5.18. The smallest absolute Gasteiger partial charge is 0.254 e. The molecule has 42 heavy (non-hydrogen) atoms. The van der Waals surface area contributed by atoms with Crippen LogP contribution in [0, 0.1) is 0 Å². The van der Waals surface area contributed by atoms with Crippen molar-refractivity contribution in [3.05, 3.63) is 89.4 Å². The van der Waals surface area contributed by atoms with E-state index in [1.807, 2.05) is 0 Å². The number of allylic oxidation sites excluding steroid dienone is 1. The van der Waals surface area contributed by atoms with Crippen molar-refractivity contribution in [2.45, 2.75) is 6.92 Å². The molecule has 0 unspecified atom stereocenters. The molecule has 2 amide bonds. The number of ketones is 1. The van der Waals surface area contributed by atoms with Crippen LogP contribution in [-0.2, 0) is 9.53 Å². The summed E-state index contributed by atoms with van der Waals surface area (Å²) in [5.74, 6) is -0.416. The molecule has 12 heteroatoms. The third kappa shape index (κ3) is 4.34. The lowest BCUT2D eigenvalue weighted by atomic mass is 10.1. The highest BCUT2D eigenvalue weighted by Gasteiger charge is 2.34. The second-order valence-electron chi connectivity index (χ2n) is 9.81. The second kappa shape index (κ2) is 10.2. The first-order chi connectivity index (χ1) is 20.5. The Morgan fingerprint density at radius 1 is 1.00 bits per heavy atom. The maximum absolute atomic E-state index is 13.3. The van der Waals surface area contributed by atoms with E-state index >= 15 is 0 Å². The van der Waals surface area contributed by atoms with Crippen molar-refractivity contribution in [3.8, 4) is 5.75 Å². The van der Waals surface area contributed by atoms with Crippen LogP contribution in [0.2, 0.25) is 0 Å². The van der Waals surface area contributed by atoms with Gasteiger partial charge in [-0.1, -0.05) is 17.0 Å². The Hall–Kier alpha value is -5.49. The molecule has 12 nitrogen and oxygen atoms in total. The van der Waals surface area contributed by atoms with E-state index in [0.29, 0.717) is 76.6 Å². The summed E-state index contributed by atoms with van der Waals surface area (Å²) in [4.78, 5) is 58.8. The maximum atomic E-state index is 13.3. The lowest BCUT2D eigenvalue weighted by Crippen LogP contribution is -2.40. The van der Waals surface area contributed by atoms with Gasteiger partial charge in [-0.3, -0.25) is 19.3 Å². The molecule has 0 radical (unpaired) electrons. The largest absolute Gasteiger partial charge is 0.378 e. The molecule has 0 N–H and O–H groups in total. The van der Waals surface area contributed by atoms with Gasteiger partial charge >= 0.3 is 0 Å². The highest BCUT2D eigenvalue weighted by atomic mass is 16.7. The maximum Gasteiger partial charge on any atom is 0.254 e. The van der Waals surface area contributed by atoms with Crippen molar-refractivity contribution in [2.75, 3.05) is 31.2 Å². The van der Waals surface area contributed by atoms with Gasteiger partial charge in [0.05, 0.1) is 35.8 Å². The third-order valence-corrected chi connectivity index (χ3v) is 7.16. The van der Waals surface area contributed by atoms with Gasteiger partial charge in [-0.15, -0.1) is 5.10 Å². The molecule has 1 fully saturated rings. The van der Waals surface area contributed by atoms with Gasteiger partial charge in [0.25, 0.3) is 5.91 Å². The van der Waals surface area contributed by atoms with Crippen LogP contribution in [0.4, 0.5) is 5.69 Å². The number of carbonyl (C=O) groups excluding carboxylic acids is 3. The molecular formula is C30H23N7O5. The van der Waals surface area contributed by atoms with E-state index in [4.69, 9.17) is 14.6 Å². The fraction of sp³-hybridized carbons (Fsp3) is 0.167. The molecule has 0 bridgehead atoms. The molecule has 5 aromatic rings. The number of Topliss-reactive ketones (excluding diaryl/α,β-unsaturated/α-hetero) is 1. The van der Waals surface area contributed by atoms with Crippen LogP contribution in [0.1, 0.15) is 33.3 Å². The van der Waals surface area contributed by atoms with E-state index in [0.717, 1.165) is 0 Å². The standard InChI is InChI=1S/C30H23N7O5/c1-18(38)36-25-7-3-2-5-21(25)28(39)26(36)16-20-17-27(42-37-29-24(33-34-37)6-4-10-31-29)22-15-19(8-9-23(22)32-20)30(40)35-11-13-41-14-12-35/h2-10,15-17H,11-14H2,1H3/b26-16-. The average Bonchev–Trinajstić information content (AvgIpc) is 3.55. The summed E-state index contributed by atoms with van der Waals surface area (Å²) < 4.78 is 5.39. The highest BCUT2D eigenvalue weighted by molar-refractivity contribution is 6.26. The number of aromatic nitrogens is 5. The Kier molecular flexibility index (Phi) is 6.16. The minimum Gasteiger partial charge on any atom is -0.378 e. The Morgan fingerprint density at radius 3 is 2.67 bits per heavy atom. The number of anilines is 1. The number of ether oxygens (including phenoxy) is 1. The molecule has 0 aliphatic carbocycles. The van der Waals surface area contributed by atoms with Gasteiger partial charge in [0.15, 0.2) is 5.75 Å². The number of hydrogen-bond acceptors (Lipinski definition) is 9. The van der Waals surface area contributed by atoms with E-state index in [2.05, 4.69) is 15.3 Å². The van der Waals surface area contributed by atoms with Crippen LogP contribution in [0.3, 0.4) is 0 Å². The van der Waals surface area contributed by atoms with E-state index in [9.17, 15) is 14.4 Å². The van der Waals surface area contributed by atoms with Gasteiger partial charge in [-0.05, 0) is 53.8 Å². The van der Waals surface area contributed by atoms with Gasteiger partial charge in [-0.2, -0.15) is 0 Å². The van der Waals surface area contributed by atoms with E-state index in [1.165, 1.54) is 16.7 Å². The predicted molar refractivity (Wildman–Crippen MR) is 152 cm³/mol. The number of carbonyl (C=O) groups is 3. The first-order valence-electron chi connectivity index (χ1n) is 13.3. The number of nitrogens with zero attached hydrogens (tertiary/aromatic N) is 7. The number of pyridine rings is 2. The molecular weight excluding hydrogens is 538 g/mol. The summed E-state index contributed by atoms with van der Waals surface area (Å²) in [5, 5.41) is 8.73. The van der Waals surface area contributed by atoms with Crippen molar-refractivity contribution in [1.82, 2.24) is 30.0 Å². The number of morpholine rings is 1. The Labute approximate surface area is 238 Å². The van der Waals surface area contributed by atoms with Gasteiger partial charge < -0.3 is 14.5 Å². The van der Waals surface area contributed by atoms with Gasteiger partial charge in [-0.25, -0.2) is 9.97 Å². The van der Waals surface area contributed by atoms with Crippen molar-refractivity contribution >= 4 is 51.4 Å². The van der Waals surface area contributed by atoms with Crippen LogP contribution in [0.15, 0.2) is 72.6 Å². The molecule has 0 spiro atoms. The van der Waals surface area contributed by atoms with Crippen molar-refractivity contribution in [1.29, 1.82) is 0 Å². The van der Waals surface area contributed by atoms with Crippen molar-refractivity contribution in [3.63, 3.8) is 0 Å². The van der Waals surface area contributed by atoms with Crippen LogP contribution >= 0.6 is 0 Å². The first-order valence-corrected chi connectivity index (χ1v) is 13.3. The molecule has 2 aromatic carbocycles. The van der Waals surface area contributed by atoms with Gasteiger partial charge in [0.2, 0.25) is 17.3 Å². The number of rotatable bonds is 4. The molecule has 2 aliphatic heterocycles. The number of para-hydroxylation sites is 1. The number of amides is 2.